The van der Waals surface area contributed by atoms with E-state index in [2.05, 4.69) is 48.4 Å². The Morgan fingerprint density at radius 1 is 1.07 bits per heavy atom. The fourth-order valence-corrected chi connectivity index (χ4v) is 4.26. The molecule has 0 unspecified atom stereocenters. The van der Waals surface area contributed by atoms with Gasteiger partial charge in [0.2, 0.25) is 0 Å². The van der Waals surface area contributed by atoms with Gasteiger partial charge in [-0.3, -0.25) is 14.0 Å². The smallest absolute Gasteiger partial charge is 0.347 e. The molecule has 4 heterocycles. The first-order valence-electron chi connectivity index (χ1n) is 9.64. The van der Waals surface area contributed by atoms with Crippen molar-refractivity contribution in [2.24, 2.45) is 0 Å². The van der Waals surface area contributed by atoms with E-state index in [9.17, 15) is 4.79 Å². The maximum Gasteiger partial charge on any atom is 0.347 e. The lowest BCUT2D eigenvalue weighted by molar-refractivity contribution is 0.0362. The van der Waals surface area contributed by atoms with Crippen LogP contribution < -0.4 is 5.69 Å². The molecule has 1 aliphatic rings. The average molecular weight is 407 g/mol. The molecule has 5 rings (SSSR count). The van der Waals surface area contributed by atoms with E-state index in [1.54, 1.807) is 22.1 Å². The van der Waals surface area contributed by atoms with Gasteiger partial charge in [0.1, 0.15) is 6.33 Å². The van der Waals surface area contributed by atoms with Crippen molar-refractivity contribution in [1.29, 1.82) is 0 Å². The van der Waals surface area contributed by atoms with E-state index in [0.29, 0.717) is 6.54 Å². The summed E-state index contributed by atoms with van der Waals surface area (Å²) < 4.78 is 9.16. The number of aromatic nitrogens is 4. The SMILES string of the molecule is O=c1ncc(-c2ccc3c(c2)ncn3-c2ccsc2)cn1CCN1CCOCC1. The maximum atomic E-state index is 12.2. The third-order valence-electron chi connectivity index (χ3n) is 5.28. The number of rotatable bonds is 5. The summed E-state index contributed by atoms with van der Waals surface area (Å²) in [6, 6.07) is 8.25. The van der Waals surface area contributed by atoms with Crippen molar-refractivity contribution >= 4 is 22.4 Å². The molecule has 0 saturated carbocycles. The standard InChI is InChI=1S/C21H21N5O2S/c27-21-22-12-17(13-25(21)5-4-24-6-8-28-9-7-24)16-1-2-20-19(11-16)23-15-26(20)18-3-10-29-14-18/h1-3,10-15H,4-9H2. The van der Waals surface area contributed by atoms with Crippen LogP contribution in [-0.2, 0) is 11.3 Å². The summed E-state index contributed by atoms with van der Waals surface area (Å²) in [5, 5.41) is 4.16. The Kier molecular flexibility index (Phi) is 4.97. The lowest BCUT2D eigenvalue weighted by Crippen LogP contribution is -2.39. The second-order valence-electron chi connectivity index (χ2n) is 7.07. The summed E-state index contributed by atoms with van der Waals surface area (Å²) in [6.07, 6.45) is 5.38. The second kappa shape index (κ2) is 7.90. The molecule has 1 saturated heterocycles. The van der Waals surface area contributed by atoms with Crippen LogP contribution in [0.15, 0.2) is 58.5 Å². The van der Waals surface area contributed by atoms with Gasteiger partial charge in [-0.2, -0.15) is 11.3 Å². The molecule has 0 bridgehead atoms. The number of fused-ring (bicyclic) bond motifs is 1. The highest BCUT2D eigenvalue weighted by atomic mass is 32.1. The highest BCUT2D eigenvalue weighted by Crippen LogP contribution is 2.25. The van der Waals surface area contributed by atoms with Crippen LogP contribution >= 0.6 is 11.3 Å². The summed E-state index contributed by atoms with van der Waals surface area (Å²) in [5.74, 6) is 0. The van der Waals surface area contributed by atoms with Crippen LogP contribution in [0.2, 0.25) is 0 Å². The first-order chi connectivity index (χ1) is 14.3. The molecule has 0 spiro atoms. The van der Waals surface area contributed by atoms with Crippen molar-refractivity contribution < 1.29 is 4.74 Å². The molecule has 7 nitrogen and oxygen atoms in total. The zero-order valence-corrected chi connectivity index (χ0v) is 16.7. The summed E-state index contributed by atoms with van der Waals surface area (Å²) in [7, 11) is 0. The second-order valence-corrected chi connectivity index (χ2v) is 7.85. The summed E-state index contributed by atoms with van der Waals surface area (Å²) in [6.45, 7) is 4.76. The van der Waals surface area contributed by atoms with Gasteiger partial charge in [-0.05, 0) is 29.1 Å². The van der Waals surface area contributed by atoms with Crippen LogP contribution in [0.25, 0.3) is 27.8 Å². The Balaban J connectivity index is 1.41. The summed E-state index contributed by atoms with van der Waals surface area (Å²) >= 11 is 1.66. The van der Waals surface area contributed by atoms with Crippen molar-refractivity contribution in [3.05, 3.63) is 64.2 Å². The molecule has 29 heavy (non-hydrogen) atoms. The van der Waals surface area contributed by atoms with E-state index in [0.717, 1.165) is 60.7 Å². The van der Waals surface area contributed by atoms with Gasteiger partial charge < -0.3 is 4.74 Å². The molecule has 4 aromatic rings. The lowest BCUT2D eigenvalue weighted by atomic mass is 10.1. The molecule has 0 atom stereocenters. The molecule has 148 valence electrons. The molecule has 0 N–H and O–H groups in total. The van der Waals surface area contributed by atoms with Crippen LogP contribution in [0.3, 0.4) is 0 Å². The van der Waals surface area contributed by atoms with Crippen LogP contribution in [0, 0.1) is 0 Å². The number of hydrogen-bond acceptors (Lipinski definition) is 6. The fourth-order valence-electron chi connectivity index (χ4n) is 3.63. The molecule has 8 heteroatoms. The third kappa shape index (κ3) is 3.74. The predicted molar refractivity (Wildman–Crippen MR) is 114 cm³/mol. The molecule has 1 fully saturated rings. The van der Waals surface area contributed by atoms with Gasteiger partial charge >= 0.3 is 5.69 Å². The fraction of sp³-hybridized carbons (Fsp3) is 0.286. The molecule has 0 aliphatic carbocycles. The Hall–Kier alpha value is -2.81. The molecular formula is C21H21N5O2S. The van der Waals surface area contributed by atoms with Gasteiger partial charge in [0.05, 0.1) is 29.9 Å². The predicted octanol–water partition coefficient (Wildman–Crippen LogP) is 2.64. The molecule has 3 aromatic heterocycles. The molecule has 1 aromatic carbocycles. The van der Waals surface area contributed by atoms with Crippen LogP contribution in [-0.4, -0.2) is 56.9 Å². The first kappa shape index (κ1) is 18.2. The zero-order chi connectivity index (χ0) is 19.6. The van der Waals surface area contributed by atoms with Gasteiger partial charge in [0.25, 0.3) is 0 Å². The van der Waals surface area contributed by atoms with E-state index >= 15 is 0 Å². The maximum absolute atomic E-state index is 12.2. The minimum Gasteiger partial charge on any atom is -0.379 e. The minimum atomic E-state index is -0.218. The molecule has 1 aliphatic heterocycles. The number of imidazole rings is 1. The van der Waals surface area contributed by atoms with Crippen LogP contribution in [0.4, 0.5) is 0 Å². The highest BCUT2D eigenvalue weighted by molar-refractivity contribution is 7.08. The summed E-state index contributed by atoms with van der Waals surface area (Å²) in [4.78, 5) is 23.2. The molecule has 0 amide bonds. The Morgan fingerprint density at radius 3 is 2.79 bits per heavy atom. The van der Waals surface area contributed by atoms with Crippen molar-refractivity contribution in [2.45, 2.75) is 6.54 Å². The van der Waals surface area contributed by atoms with E-state index in [1.807, 2.05) is 18.6 Å². The van der Waals surface area contributed by atoms with Crippen molar-refractivity contribution in [1.82, 2.24) is 24.0 Å². The number of thiophene rings is 1. The summed E-state index contributed by atoms with van der Waals surface area (Å²) in [5.41, 5.74) is 4.79. The number of hydrogen-bond donors (Lipinski definition) is 0. The Labute approximate surface area is 171 Å². The number of benzene rings is 1. The largest absolute Gasteiger partial charge is 0.379 e. The third-order valence-corrected chi connectivity index (χ3v) is 5.95. The van der Waals surface area contributed by atoms with Gasteiger partial charge in [-0.15, -0.1) is 0 Å². The number of morpholine rings is 1. The number of ether oxygens (including phenoxy) is 1. The van der Waals surface area contributed by atoms with E-state index in [4.69, 9.17) is 4.74 Å². The first-order valence-corrected chi connectivity index (χ1v) is 10.6. The monoisotopic (exact) mass is 407 g/mol. The topological polar surface area (TPSA) is 65.2 Å². The normalized spacial score (nSPS) is 15.2. The molecule has 0 radical (unpaired) electrons. The van der Waals surface area contributed by atoms with E-state index in [1.165, 1.54) is 0 Å². The van der Waals surface area contributed by atoms with Gasteiger partial charge in [-0.25, -0.2) is 14.8 Å². The zero-order valence-electron chi connectivity index (χ0n) is 15.9. The quantitative estimate of drug-likeness (QED) is 0.509. The van der Waals surface area contributed by atoms with Crippen molar-refractivity contribution in [2.75, 3.05) is 32.8 Å². The van der Waals surface area contributed by atoms with E-state index < -0.39 is 0 Å². The van der Waals surface area contributed by atoms with Crippen molar-refractivity contribution in [3.63, 3.8) is 0 Å². The Morgan fingerprint density at radius 2 is 1.97 bits per heavy atom. The lowest BCUT2D eigenvalue weighted by Gasteiger charge is -2.26. The van der Waals surface area contributed by atoms with Gasteiger partial charge in [-0.1, -0.05) is 6.07 Å². The van der Waals surface area contributed by atoms with Gasteiger partial charge in [0.15, 0.2) is 0 Å². The highest BCUT2D eigenvalue weighted by Gasteiger charge is 2.12. The van der Waals surface area contributed by atoms with Gasteiger partial charge in [0, 0.05) is 49.5 Å². The Bertz CT molecular complexity index is 1180. The molecular weight excluding hydrogens is 386 g/mol. The van der Waals surface area contributed by atoms with Crippen molar-refractivity contribution in [3.8, 4) is 16.8 Å². The van der Waals surface area contributed by atoms with Crippen LogP contribution in [0.1, 0.15) is 0 Å². The van der Waals surface area contributed by atoms with E-state index in [-0.39, 0.29) is 5.69 Å². The van der Waals surface area contributed by atoms with Crippen LogP contribution in [0.5, 0.6) is 0 Å². The minimum absolute atomic E-state index is 0.218. The average Bonchev–Trinajstić information content (AvgIpc) is 3.43. The number of nitrogens with zero attached hydrogens (tertiary/aromatic N) is 5.